The van der Waals surface area contributed by atoms with Crippen molar-refractivity contribution in [1.82, 2.24) is 10.2 Å². The first-order valence-electron chi connectivity index (χ1n) is 7.61. The highest BCUT2D eigenvalue weighted by molar-refractivity contribution is 5.97. The summed E-state index contributed by atoms with van der Waals surface area (Å²) < 4.78 is 0. The Morgan fingerprint density at radius 3 is 2.33 bits per heavy atom. The van der Waals surface area contributed by atoms with Gasteiger partial charge in [-0.2, -0.15) is 5.26 Å². The zero-order valence-electron chi connectivity index (χ0n) is 13.7. The third-order valence-electron chi connectivity index (χ3n) is 3.63. The lowest BCUT2D eigenvalue weighted by molar-refractivity contribution is -0.132. The molecule has 0 spiro atoms. The van der Waals surface area contributed by atoms with Crippen molar-refractivity contribution in [2.75, 3.05) is 7.05 Å². The lowest BCUT2D eigenvalue weighted by Crippen LogP contribution is -2.45. The van der Waals surface area contributed by atoms with Crippen LogP contribution in [0.3, 0.4) is 0 Å². The zero-order valence-corrected chi connectivity index (χ0v) is 13.7. The highest BCUT2D eigenvalue weighted by Gasteiger charge is 2.20. The second kappa shape index (κ2) is 7.93. The molecule has 0 bridgehead atoms. The average Bonchev–Trinajstić information content (AvgIpc) is 2.62. The Morgan fingerprint density at radius 2 is 1.75 bits per heavy atom. The van der Waals surface area contributed by atoms with Crippen LogP contribution in [-0.4, -0.2) is 29.8 Å². The number of nitrogens with zero attached hydrogens (tertiary/aromatic N) is 2. The molecule has 0 aliphatic heterocycles. The van der Waals surface area contributed by atoms with Crippen molar-refractivity contribution in [3.05, 3.63) is 71.3 Å². The Kier molecular flexibility index (Phi) is 5.69. The maximum absolute atomic E-state index is 12.4. The fourth-order valence-corrected chi connectivity index (χ4v) is 2.30. The minimum absolute atomic E-state index is 0.177. The Balaban J connectivity index is 1.94. The number of hydrogen-bond acceptors (Lipinski definition) is 3. The van der Waals surface area contributed by atoms with Gasteiger partial charge < -0.3 is 10.2 Å². The molecular formula is C19H19N3O2. The second-order valence-electron chi connectivity index (χ2n) is 5.56. The fourth-order valence-electron chi connectivity index (χ4n) is 2.30. The summed E-state index contributed by atoms with van der Waals surface area (Å²) in [5.74, 6) is -0.452. The molecule has 0 aromatic heterocycles. The van der Waals surface area contributed by atoms with Gasteiger partial charge in [0.25, 0.3) is 5.91 Å². The topological polar surface area (TPSA) is 73.2 Å². The van der Waals surface area contributed by atoms with Crippen molar-refractivity contribution in [3.63, 3.8) is 0 Å². The van der Waals surface area contributed by atoms with Gasteiger partial charge in [-0.15, -0.1) is 0 Å². The summed E-state index contributed by atoms with van der Waals surface area (Å²) in [7, 11) is 1.69. The molecule has 0 aliphatic carbocycles. The van der Waals surface area contributed by atoms with Crippen LogP contribution in [0.25, 0.3) is 0 Å². The van der Waals surface area contributed by atoms with Crippen LogP contribution in [-0.2, 0) is 11.3 Å². The minimum Gasteiger partial charge on any atom is -0.341 e. The van der Waals surface area contributed by atoms with Crippen molar-refractivity contribution in [3.8, 4) is 6.07 Å². The summed E-state index contributed by atoms with van der Waals surface area (Å²) in [5, 5.41) is 11.5. The summed E-state index contributed by atoms with van der Waals surface area (Å²) >= 11 is 0. The molecule has 0 saturated carbocycles. The maximum atomic E-state index is 12.4. The molecule has 2 amide bonds. The van der Waals surface area contributed by atoms with Crippen LogP contribution in [0.4, 0.5) is 0 Å². The first-order valence-corrected chi connectivity index (χ1v) is 7.61. The van der Waals surface area contributed by atoms with Gasteiger partial charge in [-0.05, 0) is 36.8 Å². The summed E-state index contributed by atoms with van der Waals surface area (Å²) in [6, 6.07) is 17.3. The fraction of sp³-hybridized carbons (Fsp3) is 0.211. The third-order valence-corrected chi connectivity index (χ3v) is 3.63. The van der Waals surface area contributed by atoms with Crippen molar-refractivity contribution >= 4 is 11.8 Å². The van der Waals surface area contributed by atoms with Gasteiger partial charge in [0.2, 0.25) is 5.91 Å². The molecule has 0 aliphatic rings. The molecule has 1 unspecified atom stereocenters. The van der Waals surface area contributed by atoms with Crippen LogP contribution >= 0.6 is 0 Å². The lowest BCUT2D eigenvalue weighted by atomic mass is 10.1. The van der Waals surface area contributed by atoms with Crippen molar-refractivity contribution in [2.45, 2.75) is 19.5 Å². The Hall–Kier alpha value is -3.13. The number of nitrogens with one attached hydrogen (secondary N) is 1. The summed E-state index contributed by atoms with van der Waals surface area (Å²) in [5.41, 5.74) is 2.02. The van der Waals surface area contributed by atoms with Crippen LogP contribution in [0.1, 0.15) is 28.4 Å². The predicted octanol–water partition coefficient (Wildman–Crippen LogP) is 2.34. The quantitative estimate of drug-likeness (QED) is 0.918. The SMILES string of the molecule is CC(NC(=O)c1ccccc1)C(=O)N(C)Cc1ccc(C#N)cc1. The molecule has 1 atom stereocenters. The van der Waals surface area contributed by atoms with Crippen LogP contribution in [0.15, 0.2) is 54.6 Å². The summed E-state index contributed by atoms with van der Waals surface area (Å²) in [6.07, 6.45) is 0. The van der Waals surface area contributed by atoms with Gasteiger partial charge >= 0.3 is 0 Å². The number of likely N-dealkylation sites (N-methyl/N-ethyl adjacent to an activating group) is 1. The largest absolute Gasteiger partial charge is 0.341 e. The molecule has 24 heavy (non-hydrogen) atoms. The van der Waals surface area contributed by atoms with E-state index in [1.165, 1.54) is 0 Å². The highest BCUT2D eigenvalue weighted by atomic mass is 16.2. The van der Waals surface area contributed by atoms with E-state index in [0.29, 0.717) is 17.7 Å². The van der Waals surface area contributed by atoms with Gasteiger partial charge in [0.05, 0.1) is 11.6 Å². The molecule has 122 valence electrons. The van der Waals surface area contributed by atoms with E-state index in [1.807, 2.05) is 18.2 Å². The van der Waals surface area contributed by atoms with E-state index >= 15 is 0 Å². The molecule has 2 rings (SSSR count). The second-order valence-corrected chi connectivity index (χ2v) is 5.56. The van der Waals surface area contributed by atoms with Crippen LogP contribution in [0.2, 0.25) is 0 Å². The number of nitriles is 1. The molecule has 0 fully saturated rings. The first kappa shape index (κ1) is 17.2. The summed E-state index contributed by atoms with van der Waals surface area (Å²) in [6.45, 7) is 2.08. The molecule has 1 N–H and O–H groups in total. The Labute approximate surface area is 141 Å². The van der Waals surface area contributed by atoms with Gasteiger partial charge in [-0.3, -0.25) is 9.59 Å². The first-order chi connectivity index (χ1) is 11.5. The molecule has 2 aromatic rings. The van der Waals surface area contributed by atoms with Crippen molar-refractivity contribution in [2.24, 2.45) is 0 Å². The number of carbonyl (C=O) groups excluding carboxylic acids is 2. The molecule has 5 heteroatoms. The van der Waals surface area contributed by atoms with E-state index in [0.717, 1.165) is 5.56 Å². The molecule has 0 saturated heterocycles. The monoisotopic (exact) mass is 321 g/mol. The van der Waals surface area contributed by atoms with Gasteiger partial charge in [0.15, 0.2) is 0 Å². The smallest absolute Gasteiger partial charge is 0.251 e. The molecule has 5 nitrogen and oxygen atoms in total. The number of benzene rings is 2. The van der Waals surface area contributed by atoms with Gasteiger partial charge in [0.1, 0.15) is 6.04 Å². The average molecular weight is 321 g/mol. The van der Waals surface area contributed by atoms with Crippen molar-refractivity contribution < 1.29 is 9.59 Å². The van der Waals surface area contributed by atoms with Crippen molar-refractivity contribution in [1.29, 1.82) is 5.26 Å². The minimum atomic E-state index is -0.624. The van der Waals surface area contributed by atoms with Gasteiger partial charge in [-0.25, -0.2) is 0 Å². The normalized spacial score (nSPS) is 11.2. The van der Waals surface area contributed by atoms with Crippen LogP contribution in [0, 0.1) is 11.3 Å². The molecule has 2 aromatic carbocycles. The van der Waals surface area contributed by atoms with Gasteiger partial charge in [0, 0.05) is 19.2 Å². The third kappa shape index (κ3) is 4.43. The molecule has 0 radical (unpaired) electrons. The van der Waals surface area contributed by atoms with E-state index in [1.54, 1.807) is 55.3 Å². The Morgan fingerprint density at radius 1 is 1.12 bits per heavy atom. The lowest BCUT2D eigenvalue weighted by Gasteiger charge is -2.22. The van der Waals surface area contributed by atoms with Crippen LogP contribution < -0.4 is 5.32 Å². The molecule has 0 heterocycles. The van der Waals surface area contributed by atoms with E-state index < -0.39 is 6.04 Å². The Bertz CT molecular complexity index is 748. The number of amides is 2. The van der Waals surface area contributed by atoms with E-state index in [2.05, 4.69) is 11.4 Å². The number of hydrogen-bond donors (Lipinski definition) is 1. The van der Waals surface area contributed by atoms with E-state index in [9.17, 15) is 9.59 Å². The van der Waals surface area contributed by atoms with E-state index in [-0.39, 0.29) is 11.8 Å². The summed E-state index contributed by atoms with van der Waals surface area (Å²) in [4.78, 5) is 26.0. The highest BCUT2D eigenvalue weighted by Crippen LogP contribution is 2.07. The van der Waals surface area contributed by atoms with Crippen LogP contribution in [0.5, 0.6) is 0 Å². The standard InChI is InChI=1S/C19H19N3O2/c1-14(21-18(23)17-6-4-3-5-7-17)19(24)22(2)13-16-10-8-15(12-20)9-11-16/h3-11,14H,13H2,1-2H3,(H,21,23). The zero-order chi connectivity index (χ0) is 17.5. The predicted molar refractivity (Wildman–Crippen MR) is 91.0 cm³/mol. The maximum Gasteiger partial charge on any atom is 0.251 e. The van der Waals surface area contributed by atoms with Gasteiger partial charge in [-0.1, -0.05) is 30.3 Å². The molecular weight excluding hydrogens is 302 g/mol. The number of carbonyl (C=O) groups is 2. The van der Waals surface area contributed by atoms with E-state index in [4.69, 9.17) is 5.26 Å². The number of rotatable bonds is 5.